The molecule has 43 heavy (non-hydrogen) atoms. The normalized spacial score (nSPS) is 16.5. The predicted molar refractivity (Wildman–Crippen MR) is 165 cm³/mol. The maximum Gasteiger partial charge on any atom is 0.354 e. The number of carbonyl (C=O) groups is 3. The highest BCUT2D eigenvalue weighted by molar-refractivity contribution is 5.94. The van der Waals surface area contributed by atoms with E-state index in [1.165, 1.54) is 6.92 Å². The first-order valence-electron chi connectivity index (χ1n) is 14.1. The van der Waals surface area contributed by atoms with Crippen LogP contribution in [0.25, 0.3) is 0 Å². The molecule has 9 nitrogen and oxygen atoms in total. The number of nitrogens with one attached hydrogen (secondary N) is 2. The second-order valence-corrected chi connectivity index (χ2v) is 10.6. The van der Waals surface area contributed by atoms with Crippen molar-refractivity contribution in [3.8, 4) is 11.8 Å². The summed E-state index contributed by atoms with van der Waals surface area (Å²) in [4.78, 5) is 43.2. The van der Waals surface area contributed by atoms with E-state index in [1.807, 2.05) is 24.3 Å². The summed E-state index contributed by atoms with van der Waals surface area (Å²) in [5.74, 6) is 0.0306. The first kappa shape index (κ1) is 33.1. The molecule has 10 heteroatoms. The molecule has 3 aromatic carbocycles. The lowest BCUT2D eigenvalue weighted by Gasteiger charge is -2.28. The molecule has 1 saturated carbocycles. The molecule has 0 radical (unpaired) electrons. The third-order valence-corrected chi connectivity index (χ3v) is 7.54. The second-order valence-electron chi connectivity index (χ2n) is 10.6. The molecule has 1 amide bonds. The first-order valence-corrected chi connectivity index (χ1v) is 14.1. The Morgan fingerprint density at radius 1 is 0.977 bits per heavy atom. The summed E-state index contributed by atoms with van der Waals surface area (Å²) in [5, 5.41) is 12.0. The van der Waals surface area contributed by atoms with Crippen LogP contribution in [0.15, 0.2) is 72.8 Å². The molecule has 1 aliphatic carbocycles. The lowest BCUT2D eigenvalue weighted by atomic mass is 9.81. The summed E-state index contributed by atoms with van der Waals surface area (Å²) in [5.41, 5.74) is 11.7. The molecule has 0 unspecified atom stereocenters. The number of anilines is 1. The van der Waals surface area contributed by atoms with Gasteiger partial charge in [-0.15, -0.1) is 12.4 Å². The average Bonchev–Trinajstić information content (AvgIpc) is 3.03. The Bertz CT molecular complexity index is 1410. The predicted octanol–water partition coefficient (Wildman–Crippen LogP) is 5.12. The standard InChI is InChI=1S/C33H36N4O5.ClH/c1-22(38)27-11-13-29(14-12-27)37-42-33(40)31(36-32(39)28-9-5-24(19-34)6-10-28)18-23-7-15-30(16-8-23)41-21-26-4-2-3-25(17-26)20-35;/h2-4,7-8,11-17,24,28,31,37H,5-6,9-10,18-19,21,34H2,1H3,(H,36,39);1H/t24?,28?,31-;/m0./s1. The van der Waals surface area contributed by atoms with Crippen molar-refractivity contribution in [3.05, 3.63) is 95.1 Å². The number of nitriles is 1. The Labute approximate surface area is 258 Å². The zero-order chi connectivity index (χ0) is 29.9. The molecule has 0 bridgehead atoms. The molecule has 0 heterocycles. The Kier molecular flexibility index (Phi) is 12.6. The van der Waals surface area contributed by atoms with Crippen LogP contribution in [0.2, 0.25) is 0 Å². The van der Waals surface area contributed by atoms with Crippen LogP contribution in [0, 0.1) is 23.2 Å². The van der Waals surface area contributed by atoms with E-state index in [9.17, 15) is 14.4 Å². The maximum absolute atomic E-state index is 13.2. The summed E-state index contributed by atoms with van der Waals surface area (Å²) in [6, 6.07) is 22.3. The molecule has 0 spiro atoms. The molecular formula is C33H37ClN4O5. The molecule has 0 saturated heterocycles. The molecule has 0 aliphatic heterocycles. The fourth-order valence-electron chi connectivity index (χ4n) is 4.95. The number of nitrogens with two attached hydrogens (primary N) is 1. The van der Waals surface area contributed by atoms with Gasteiger partial charge in [0.1, 0.15) is 18.4 Å². The molecule has 226 valence electrons. The SMILES string of the molecule is CC(=O)c1ccc(NOC(=O)[C@H](Cc2ccc(OCc3cccc(C#N)c3)cc2)NC(=O)C2CCC(CN)CC2)cc1.Cl. The minimum Gasteiger partial charge on any atom is -0.489 e. The zero-order valence-electron chi connectivity index (χ0n) is 24.1. The zero-order valence-corrected chi connectivity index (χ0v) is 24.9. The van der Waals surface area contributed by atoms with Gasteiger partial charge in [-0.05, 0) is 105 Å². The number of ketones is 1. The molecule has 4 N–H and O–H groups in total. The second kappa shape index (κ2) is 16.3. The Hall–Kier alpha value is -4.39. The number of hydrogen-bond donors (Lipinski definition) is 3. The van der Waals surface area contributed by atoms with Crippen LogP contribution in [0.5, 0.6) is 5.75 Å². The van der Waals surface area contributed by atoms with Crippen LogP contribution in [-0.2, 0) is 27.5 Å². The van der Waals surface area contributed by atoms with Crippen LogP contribution >= 0.6 is 12.4 Å². The van der Waals surface area contributed by atoms with Gasteiger partial charge in [-0.1, -0.05) is 24.3 Å². The molecule has 1 atom stereocenters. The van der Waals surface area contributed by atoms with Crippen molar-refractivity contribution in [2.24, 2.45) is 17.6 Å². The van der Waals surface area contributed by atoms with Crippen molar-refractivity contribution in [1.82, 2.24) is 5.32 Å². The van der Waals surface area contributed by atoms with Gasteiger partial charge in [0.25, 0.3) is 0 Å². The van der Waals surface area contributed by atoms with Crippen molar-refractivity contribution in [2.45, 2.75) is 51.7 Å². The third kappa shape index (κ3) is 9.84. The molecule has 3 aromatic rings. The fourth-order valence-corrected chi connectivity index (χ4v) is 4.95. The van der Waals surface area contributed by atoms with E-state index in [0.717, 1.165) is 36.8 Å². The van der Waals surface area contributed by atoms with Gasteiger partial charge < -0.3 is 20.6 Å². The highest BCUT2D eigenvalue weighted by atomic mass is 35.5. The molecule has 4 rings (SSSR count). The fraction of sp³-hybridized carbons (Fsp3) is 0.333. The van der Waals surface area contributed by atoms with Gasteiger partial charge in [0, 0.05) is 17.9 Å². The topological polar surface area (TPSA) is 144 Å². The monoisotopic (exact) mass is 604 g/mol. The van der Waals surface area contributed by atoms with Crippen LogP contribution in [0.4, 0.5) is 5.69 Å². The number of amides is 1. The minimum atomic E-state index is -0.922. The Morgan fingerprint density at radius 2 is 1.67 bits per heavy atom. The molecule has 0 aromatic heterocycles. The van der Waals surface area contributed by atoms with Gasteiger partial charge in [0.05, 0.1) is 17.3 Å². The van der Waals surface area contributed by atoms with Crippen LogP contribution in [0.1, 0.15) is 59.7 Å². The van der Waals surface area contributed by atoms with E-state index < -0.39 is 12.0 Å². The van der Waals surface area contributed by atoms with E-state index in [1.54, 1.807) is 48.5 Å². The van der Waals surface area contributed by atoms with Crippen molar-refractivity contribution >= 4 is 35.8 Å². The summed E-state index contributed by atoms with van der Waals surface area (Å²) in [6.45, 7) is 2.41. The van der Waals surface area contributed by atoms with Crippen molar-refractivity contribution < 1.29 is 24.0 Å². The summed E-state index contributed by atoms with van der Waals surface area (Å²) >= 11 is 0. The summed E-state index contributed by atoms with van der Waals surface area (Å²) < 4.78 is 5.86. The van der Waals surface area contributed by atoms with Gasteiger partial charge in [-0.3, -0.25) is 9.59 Å². The van der Waals surface area contributed by atoms with Gasteiger partial charge in [-0.2, -0.15) is 5.26 Å². The average molecular weight is 605 g/mol. The Balaban J connectivity index is 0.00000506. The number of hydrogen-bond acceptors (Lipinski definition) is 8. The van der Waals surface area contributed by atoms with Crippen molar-refractivity contribution in [1.29, 1.82) is 5.26 Å². The van der Waals surface area contributed by atoms with Crippen molar-refractivity contribution in [3.63, 3.8) is 0 Å². The van der Waals surface area contributed by atoms with E-state index in [4.69, 9.17) is 20.6 Å². The summed E-state index contributed by atoms with van der Waals surface area (Å²) in [7, 11) is 0. The number of ether oxygens (including phenoxy) is 1. The first-order chi connectivity index (χ1) is 20.3. The summed E-state index contributed by atoms with van der Waals surface area (Å²) in [6.07, 6.45) is 3.48. The smallest absolute Gasteiger partial charge is 0.354 e. The highest BCUT2D eigenvalue weighted by Gasteiger charge is 2.30. The van der Waals surface area contributed by atoms with Gasteiger partial charge >= 0.3 is 5.97 Å². The minimum absolute atomic E-state index is 0. The van der Waals surface area contributed by atoms with E-state index in [2.05, 4.69) is 16.9 Å². The maximum atomic E-state index is 13.2. The van der Waals surface area contributed by atoms with E-state index in [0.29, 0.717) is 41.6 Å². The van der Waals surface area contributed by atoms with E-state index in [-0.39, 0.29) is 36.4 Å². The lowest BCUT2D eigenvalue weighted by Crippen LogP contribution is -2.47. The van der Waals surface area contributed by atoms with Crippen LogP contribution in [0.3, 0.4) is 0 Å². The van der Waals surface area contributed by atoms with Crippen molar-refractivity contribution in [2.75, 3.05) is 12.0 Å². The lowest BCUT2D eigenvalue weighted by molar-refractivity contribution is -0.145. The number of carbonyl (C=O) groups excluding carboxylic acids is 3. The van der Waals surface area contributed by atoms with E-state index >= 15 is 0 Å². The largest absolute Gasteiger partial charge is 0.489 e. The number of halogens is 1. The van der Waals surface area contributed by atoms with Crippen LogP contribution < -0.4 is 21.3 Å². The highest BCUT2D eigenvalue weighted by Crippen LogP contribution is 2.28. The number of rotatable bonds is 12. The molecule has 1 aliphatic rings. The quantitative estimate of drug-likeness (QED) is 0.191. The number of benzene rings is 3. The number of nitrogens with zero attached hydrogens (tertiary/aromatic N) is 1. The third-order valence-electron chi connectivity index (χ3n) is 7.54. The molecule has 1 fully saturated rings. The molecular weight excluding hydrogens is 568 g/mol. The Morgan fingerprint density at radius 3 is 2.30 bits per heavy atom. The number of Topliss-reactive ketones (excluding diaryl/α,β-unsaturated/α-hetero) is 1. The van der Waals surface area contributed by atoms with Gasteiger partial charge in [0.15, 0.2) is 5.78 Å². The van der Waals surface area contributed by atoms with Gasteiger partial charge in [-0.25, -0.2) is 10.3 Å². The van der Waals surface area contributed by atoms with Gasteiger partial charge in [0.2, 0.25) is 5.91 Å². The van der Waals surface area contributed by atoms with Crippen LogP contribution in [-0.4, -0.2) is 30.2 Å².